The summed E-state index contributed by atoms with van der Waals surface area (Å²) in [5, 5.41) is 10.9. The van der Waals surface area contributed by atoms with Gasteiger partial charge >= 0.3 is 12.1 Å². The molecule has 0 fully saturated rings. The number of ether oxygens (including phenoxy) is 1. The molecule has 120 valence electrons. The second kappa shape index (κ2) is 9.35. The van der Waals surface area contributed by atoms with Gasteiger partial charge in [0.15, 0.2) is 5.96 Å². The molecule has 0 spiro atoms. The number of nitrogens with one attached hydrogen (secondary N) is 1. The third-order valence-electron chi connectivity index (χ3n) is 2.72. The molecule has 1 atom stereocenters. The van der Waals surface area contributed by atoms with E-state index in [2.05, 4.69) is 10.3 Å². The van der Waals surface area contributed by atoms with Crippen LogP contribution in [-0.4, -0.2) is 35.7 Å². The third kappa shape index (κ3) is 7.25. The largest absolute Gasteiger partial charge is 0.480 e. The van der Waals surface area contributed by atoms with Crippen LogP contribution in [0.2, 0.25) is 0 Å². The second-order valence-electron chi connectivity index (χ2n) is 4.54. The average Bonchev–Trinajstić information content (AvgIpc) is 2.50. The number of aliphatic carboxylic acids is 1. The van der Waals surface area contributed by atoms with Crippen LogP contribution >= 0.6 is 0 Å². The van der Waals surface area contributed by atoms with Crippen LogP contribution in [-0.2, 0) is 16.1 Å². The van der Waals surface area contributed by atoms with Crippen molar-refractivity contribution in [1.29, 1.82) is 0 Å². The lowest BCUT2D eigenvalue weighted by Crippen LogP contribution is -2.37. The van der Waals surface area contributed by atoms with Crippen molar-refractivity contribution in [3.63, 3.8) is 0 Å². The first kappa shape index (κ1) is 17.4. The van der Waals surface area contributed by atoms with Gasteiger partial charge in [0.2, 0.25) is 0 Å². The minimum Gasteiger partial charge on any atom is -0.480 e. The maximum absolute atomic E-state index is 11.5. The van der Waals surface area contributed by atoms with Crippen molar-refractivity contribution in [2.75, 3.05) is 6.54 Å². The first-order valence-electron chi connectivity index (χ1n) is 6.75. The number of rotatable bonds is 7. The van der Waals surface area contributed by atoms with E-state index in [0.29, 0.717) is 6.42 Å². The lowest BCUT2D eigenvalue weighted by molar-refractivity contribution is -0.138. The van der Waals surface area contributed by atoms with Crippen molar-refractivity contribution in [2.24, 2.45) is 16.5 Å². The van der Waals surface area contributed by atoms with Crippen molar-refractivity contribution >= 4 is 18.0 Å². The number of hydrogen-bond acceptors (Lipinski definition) is 5. The molecule has 0 aromatic heterocycles. The fraction of sp³-hybridized carbons (Fsp3) is 0.357. The number of hydrogen-bond donors (Lipinski definition) is 4. The summed E-state index contributed by atoms with van der Waals surface area (Å²) in [6.07, 6.45) is 0.0341. The van der Waals surface area contributed by atoms with Crippen LogP contribution in [0.3, 0.4) is 0 Å². The molecule has 1 amide bonds. The summed E-state index contributed by atoms with van der Waals surface area (Å²) in [5.74, 6) is -1.14. The molecule has 0 aliphatic heterocycles. The SMILES string of the molecule is NC(=NCCCC(N)[13C](=O)O)NC(=O)OCc1ccccc1. The number of amides is 1. The molecule has 0 aliphatic rings. The number of aliphatic imine (C=N–C) groups is 1. The molecule has 6 N–H and O–H groups in total. The summed E-state index contributed by atoms with van der Waals surface area (Å²) < 4.78 is 4.97. The Kier molecular flexibility index (Phi) is 7.41. The van der Waals surface area contributed by atoms with Crippen molar-refractivity contribution < 1.29 is 19.4 Å². The highest BCUT2D eigenvalue weighted by atomic mass is 16.5. The molecular formula is C14H20N4O4. The van der Waals surface area contributed by atoms with E-state index in [-0.39, 0.29) is 25.5 Å². The van der Waals surface area contributed by atoms with Gasteiger partial charge in [0, 0.05) is 6.54 Å². The van der Waals surface area contributed by atoms with Gasteiger partial charge in [0.05, 0.1) is 0 Å². The van der Waals surface area contributed by atoms with Gasteiger partial charge in [-0.2, -0.15) is 0 Å². The van der Waals surface area contributed by atoms with Crippen LogP contribution in [0.5, 0.6) is 0 Å². The Morgan fingerprint density at radius 2 is 2.00 bits per heavy atom. The zero-order chi connectivity index (χ0) is 16.4. The van der Waals surface area contributed by atoms with Gasteiger partial charge in [-0.05, 0) is 18.4 Å². The minimum atomic E-state index is -1.06. The fourth-order valence-electron chi connectivity index (χ4n) is 1.54. The number of alkyl carbamates (subject to hydrolysis) is 1. The molecule has 0 saturated carbocycles. The summed E-state index contributed by atoms with van der Waals surface area (Å²) in [6.45, 7) is 0.402. The van der Waals surface area contributed by atoms with Crippen LogP contribution in [0.15, 0.2) is 35.3 Å². The van der Waals surface area contributed by atoms with Gasteiger partial charge in [-0.1, -0.05) is 30.3 Å². The predicted molar refractivity (Wildman–Crippen MR) is 81.1 cm³/mol. The third-order valence-corrected chi connectivity index (χ3v) is 2.72. The number of guanidine groups is 1. The van der Waals surface area contributed by atoms with Gasteiger partial charge < -0.3 is 21.3 Å². The summed E-state index contributed by atoms with van der Waals surface area (Å²) in [6, 6.07) is 8.29. The quantitative estimate of drug-likeness (QED) is 0.249. The Labute approximate surface area is 128 Å². The second-order valence-corrected chi connectivity index (χ2v) is 4.54. The maximum Gasteiger partial charge on any atom is 0.414 e. The Morgan fingerprint density at radius 3 is 2.64 bits per heavy atom. The van der Waals surface area contributed by atoms with Gasteiger partial charge in [-0.15, -0.1) is 0 Å². The van der Waals surface area contributed by atoms with E-state index in [1.165, 1.54) is 0 Å². The van der Waals surface area contributed by atoms with E-state index in [4.69, 9.17) is 21.3 Å². The number of carbonyl (C=O) groups excluding carboxylic acids is 1. The summed E-state index contributed by atoms with van der Waals surface area (Å²) in [4.78, 5) is 25.9. The Hall–Kier alpha value is -2.61. The fourth-order valence-corrected chi connectivity index (χ4v) is 1.54. The van der Waals surface area contributed by atoms with Crippen LogP contribution in [0.1, 0.15) is 18.4 Å². The molecule has 0 radical (unpaired) electrons. The monoisotopic (exact) mass is 309 g/mol. The molecule has 8 heteroatoms. The number of carbonyl (C=O) groups is 2. The molecule has 22 heavy (non-hydrogen) atoms. The van der Waals surface area contributed by atoms with E-state index >= 15 is 0 Å². The van der Waals surface area contributed by atoms with Gasteiger partial charge in [-0.25, -0.2) is 4.79 Å². The molecule has 0 aliphatic carbocycles. The molecule has 0 saturated heterocycles. The molecule has 1 unspecified atom stereocenters. The summed E-state index contributed by atoms with van der Waals surface area (Å²) in [7, 11) is 0. The van der Waals surface area contributed by atoms with Gasteiger partial charge in [0.25, 0.3) is 0 Å². The molecule has 0 heterocycles. The average molecular weight is 309 g/mol. The number of benzene rings is 1. The van der Waals surface area contributed by atoms with E-state index in [1.807, 2.05) is 30.3 Å². The highest BCUT2D eigenvalue weighted by molar-refractivity contribution is 5.92. The maximum atomic E-state index is 11.5. The lowest BCUT2D eigenvalue weighted by Gasteiger charge is -2.07. The lowest BCUT2D eigenvalue weighted by atomic mass is 10.2. The first-order chi connectivity index (χ1) is 10.5. The van der Waals surface area contributed by atoms with E-state index < -0.39 is 18.1 Å². The zero-order valence-electron chi connectivity index (χ0n) is 12.1. The Morgan fingerprint density at radius 1 is 1.32 bits per heavy atom. The van der Waals surface area contributed by atoms with Crippen molar-refractivity contribution in [3.05, 3.63) is 35.9 Å². The van der Waals surface area contributed by atoms with Crippen molar-refractivity contribution in [2.45, 2.75) is 25.5 Å². The number of carboxylic acid groups (broad SMARTS) is 1. The number of nitrogens with zero attached hydrogens (tertiary/aromatic N) is 1. The van der Waals surface area contributed by atoms with Crippen molar-refractivity contribution in [3.8, 4) is 0 Å². The predicted octanol–water partition coefficient (Wildman–Crippen LogP) is 0.420. The molecule has 1 aromatic rings. The van der Waals surface area contributed by atoms with Crippen LogP contribution in [0.25, 0.3) is 0 Å². The van der Waals surface area contributed by atoms with Gasteiger partial charge in [-0.3, -0.25) is 15.1 Å². The topological polar surface area (TPSA) is 140 Å². The van der Waals surface area contributed by atoms with Crippen molar-refractivity contribution in [1.82, 2.24) is 5.32 Å². The summed E-state index contributed by atoms with van der Waals surface area (Å²) in [5.41, 5.74) is 11.7. The van der Waals surface area contributed by atoms with E-state index in [1.54, 1.807) is 0 Å². The summed E-state index contributed by atoms with van der Waals surface area (Å²) >= 11 is 0. The molecule has 1 aromatic carbocycles. The highest BCUT2D eigenvalue weighted by Gasteiger charge is 2.10. The molecule has 0 bridgehead atoms. The van der Waals surface area contributed by atoms with Crippen LogP contribution in [0, 0.1) is 0 Å². The smallest absolute Gasteiger partial charge is 0.414 e. The van der Waals surface area contributed by atoms with E-state index in [9.17, 15) is 9.59 Å². The Bertz CT molecular complexity index is 519. The molecular weight excluding hydrogens is 289 g/mol. The van der Waals surface area contributed by atoms with E-state index in [0.717, 1.165) is 5.56 Å². The zero-order valence-corrected chi connectivity index (χ0v) is 12.1. The van der Waals surface area contributed by atoms with Crippen LogP contribution in [0.4, 0.5) is 4.79 Å². The molecule has 1 rings (SSSR count). The normalized spacial score (nSPS) is 12.5. The number of carboxylic acids is 1. The Balaban J connectivity index is 2.22. The highest BCUT2D eigenvalue weighted by Crippen LogP contribution is 2.00. The van der Waals surface area contributed by atoms with Crippen LogP contribution < -0.4 is 16.8 Å². The van der Waals surface area contributed by atoms with Gasteiger partial charge in [0.1, 0.15) is 12.6 Å². The standard InChI is InChI=1S/C14H20N4O4/c15-11(12(19)20)7-4-8-17-13(16)18-14(21)22-9-10-5-2-1-3-6-10/h1-3,5-6,11H,4,7-9,15H2,(H,19,20)(H3,16,17,18,21)/i12+1. The molecule has 8 nitrogen and oxygen atoms in total. The number of nitrogens with two attached hydrogens (primary N) is 2. The first-order valence-corrected chi connectivity index (χ1v) is 6.75. The minimum absolute atomic E-state index is 0.0815.